The fourth-order valence-electron chi connectivity index (χ4n) is 2.21. The minimum absolute atomic E-state index is 0.630. The van der Waals surface area contributed by atoms with Crippen molar-refractivity contribution < 1.29 is 0 Å². The van der Waals surface area contributed by atoms with Gasteiger partial charge in [0.2, 0.25) is 0 Å². The first-order chi connectivity index (χ1) is 7.29. The molecule has 1 N–H and O–H groups in total. The predicted octanol–water partition coefficient (Wildman–Crippen LogP) is 0.998. The number of anilines is 1. The van der Waals surface area contributed by atoms with Gasteiger partial charge in [0.1, 0.15) is 0 Å². The van der Waals surface area contributed by atoms with Crippen molar-refractivity contribution in [3.05, 3.63) is 12.3 Å². The number of aromatic nitrogens is 2. The molecule has 1 aliphatic rings. The van der Waals surface area contributed by atoms with Crippen molar-refractivity contribution >= 4 is 5.82 Å². The molecule has 4 heteroatoms. The van der Waals surface area contributed by atoms with Gasteiger partial charge in [-0.3, -0.25) is 4.68 Å². The highest BCUT2D eigenvalue weighted by Crippen LogP contribution is 2.17. The van der Waals surface area contributed by atoms with Crippen LogP contribution in [0, 0.1) is 0 Å². The van der Waals surface area contributed by atoms with Crippen LogP contribution in [-0.2, 0) is 7.05 Å². The molecule has 0 bridgehead atoms. The molecule has 1 aromatic rings. The Kier molecular flexibility index (Phi) is 3.26. The van der Waals surface area contributed by atoms with Crippen LogP contribution in [-0.4, -0.2) is 35.5 Å². The molecule has 0 radical (unpaired) electrons. The van der Waals surface area contributed by atoms with Gasteiger partial charge in [-0.25, -0.2) is 0 Å². The average molecular weight is 208 g/mol. The molecule has 1 atom stereocenters. The molecule has 2 rings (SSSR count). The van der Waals surface area contributed by atoms with Gasteiger partial charge in [0, 0.05) is 38.4 Å². The first kappa shape index (κ1) is 10.5. The van der Waals surface area contributed by atoms with Crippen LogP contribution in [0.1, 0.15) is 19.8 Å². The molecule has 1 saturated heterocycles. The monoisotopic (exact) mass is 208 g/mol. The second kappa shape index (κ2) is 4.66. The van der Waals surface area contributed by atoms with Gasteiger partial charge in [0.15, 0.2) is 5.82 Å². The van der Waals surface area contributed by atoms with Crippen LogP contribution in [0.25, 0.3) is 0 Å². The lowest BCUT2D eigenvalue weighted by Gasteiger charge is -2.33. The summed E-state index contributed by atoms with van der Waals surface area (Å²) in [6.07, 6.45) is 4.55. The third-order valence-electron chi connectivity index (χ3n) is 2.94. The summed E-state index contributed by atoms with van der Waals surface area (Å²) in [6, 6.07) is 2.72. The molecule has 15 heavy (non-hydrogen) atoms. The average Bonchev–Trinajstić information content (AvgIpc) is 2.66. The highest BCUT2D eigenvalue weighted by Gasteiger charge is 2.20. The topological polar surface area (TPSA) is 33.1 Å². The number of rotatable bonds is 3. The predicted molar refractivity (Wildman–Crippen MR) is 62.1 cm³/mol. The van der Waals surface area contributed by atoms with E-state index in [9.17, 15) is 0 Å². The number of aryl methyl sites for hydroxylation is 1. The highest BCUT2D eigenvalue weighted by molar-refractivity contribution is 5.37. The van der Waals surface area contributed by atoms with Gasteiger partial charge >= 0.3 is 0 Å². The Balaban J connectivity index is 1.98. The van der Waals surface area contributed by atoms with Crippen molar-refractivity contribution in [2.75, 3.05) is 24.5 Å². The van der Waals surface area contributed by atoms with Crippen LogP contribution in [0.3, 0.4) is 0 Å². The Morgan fingerprint density at radius 2 is 2.47 bits per heavy atom. The van der Waals surface area contributed by atoms with Crippen molar-refractivity contribution in [3.63, 3.8) is 0 Å². The van der Waals surface area contributed by atoms with E-state index in [2.05, 4.69) is 28.3 Å². The molecule has 1 aromatic heterocycles. The third-order valence-corrected chi connectivity index (χ3v) is 2.94. The zero-order valence-electron chi connectivity index (χ0n) is 9.61. The van der Waals surface area contributed by atoms with Crippen LogP contribution in [0.4, 0.5) is 5.82 Å². The van der Waals surface area contributed by atoms with E-state index in [1.807, 2.05) is 17.9 Å². The summed E-state index contributed by atoms with van der Waals surface area (Å²) in [7, 11) is 1.97. The van der Waals surface area contributed by atoms with Crippen LogP contribution >= 0.6 is 0 Å². The normalized spacial score (nSPS) is 22.0. The highest BCUT2D eigenvalue weighted by atomic mass is 15.3. The molecule has 0 aliphatic carbocycles. The Labute approximate surface area is 91.3 Å². The van der Waals surface area contributed by atoms with Gasteiger partial charge in [-0.15, -0.1) is 0 Å². The third kappa shape index (κ3) is 2.50. The van der Waals surface area contributed by atoms with Gasteiger partial charge in [0.05, 0.1) is 0 Å². The molecule has 1 fully saturated rings. The van der Waals surface area contributed by atoms with Crippen molar-refractivity contribution in [1.29, 1.82) is 0 Å². The van der Waals surface area contributed by atoms with Crippen LogP contribution < -0.4 is 10.2 Å². The molecular formula is C11H20N4. The lowest BCUT2D eigenvalue weighted by Crippen LogP contribution is -2.45. The van der Waals surface area contributed by atoms with Crippen LogP contribution in [0.5, 0.6) is 0 Å². The van der Waals surface area contributed by atoms with Crippen LogP contribution in [0.15, 0.2) is 12.3 Å². The molecule has 1 aliphatic heterocycles. The van der Waals surface area contributed by atoms with Gasteiger partial charge in [-0.1, -0.05) is 6.92 Å². The lowest BCUT2D eigenvalue weighted by molar-refractivity contribution is 0.429. The summed E-state index contributed by atoms with van der Waals surface area (Å²) in [5.74, 6) is 1.11. The summed E-state index contributed by atoms with van der Waals surface area (Å²) in [6.45, 7) is 5.45. The second-order valence-corrected chi connectivity index (χ2v) is 4.19. The van der Waals surface area contributed by atoms with E-state index in [-0.39, 0.29) is 0 Å². The Bertz CT molecular complexity index is 305. The molecule has 1 unspecified atom stereocenters. The summed E-state index contributed by atoms with van der Waals surface area (Å²) < 4.78 is 1.87. The van der Waals surface area contributed by atoms with E-state index in [0.29, 0.717) is 6.04 Å². The summed E-state index contributed by atoms with van der Waals surface area (Å²) in [5.41, 5.74) is 0. The Morgan fingerprint density at radius 1 is 1.60 bits per heavy atom. The molecule has 0 aromatic carbocycles. The second-order valence-electron chi connectivity index (χ2n) is 4.19. The molecule has 2 heterocycles. The van der Waals surface area contributed by atoms with Gasteiger partial charge in [-0.2, -0.15) is 5.10 Å². The quantitative estimate of drug-likeness (QED) is 0.804. The molecule has 0 saturated carbocycles. The summed E-state index contributed by atoms with van der Waals surface area (Å²) in [5, 5.41) is 7.96. The van der Waals surface area contributed by atoms with Gasteiger partial charge in [-0.05, 0) is 19.4 Å². The minimum atomic E-state index is 0.630. The van der Waals surface area contributed by atoms with E-state index in [1.54, 1.807) is 0 Å². The lowest BCUT2D eigenvalue weighted by atomic mass is 10.1. The zero-order chi connectivity index (χ0) is 10.7. The maximum absolute atomic E-state index is 4.44. The molecule has 0 spiro atoms. The fourth-order valence-corrected chi connectivity index (χ4v) is 2.21. The molecule has 0 amide bonds. The zero-order valence-corrected chi connectivity index (χ0v) is 9.61. The summed E-state index contributed by atoms with van der Waals surface area (Å²) in [4.78, 5) is 2.37. The summed E-state index contributed by atoms with van der Waals surface area (Å²) >= 11 is 0. The standard InChI is InChI=1S/C11H20N4/c1-3-12-10-5-4-7-15(9-10)11-6-8-14(2)13-11/h6,8,10,12H,3-5,7,9H2,1-2H3. The maximum atomic E-state index is 4.44. The largest absolute Gasteiger partial charge is 0.354 e. The Hall–Kier alpha value is -1.03. The number of hydrogen-bond donors (Lipinski definition) is 1. The number of nitrogens with zero attached hydrogens (tertiary/aromatic N) is 3. The van der Waals surface area contributed by atoms with E-state index >= 15 is 0 Å². The van der Waals surface area contributed by atoms with E-state index in [1.165, 1.54) is 12.8 Å². The van der Waals surface area contributed by atoms with Crippen molar-refractivity contribution in [3.8, 4) is 0 Å². The number of likely N-dealkylation sites (N-methyl/N-ethyl adjacent to an activating group) is 1. The molecule has 4 nitrogen and oxygen atoms in total. The number of nitrogens with one attached hydrogen (secondary N) is 1. The fraction of sp³-hybridized carbons (Fsp3) is 0.727. The molecule has 84 valence electrons. The van der Waals surface area contributed by atoms with Crippen molar-refractivity contribution in [2.45, 2.75) is 25.8 Å². The smallest absolute Gasteiger partial charge is 0.150 e. The van der Waals surface area contributed by atoms with Gasteiger partial charge in [0.25, 0.3) is 0 Å². The van der Waals surface area contributed by atoms with Gasteiger partial charge < -0.3 is 10.2 Å². The first-order valence-corrected chi connectivity index (χ1v) is 5.77. The maximum Gasteiger partial charge on any atom is 0.150 e. The van der Waals surface area contributed by atoms with Crippen molar-refractivity contribution in [1.82, 2.24) is 15.1 Å². The van der Waals surface area contributed by atoms with E-state index < -0.39 is 0 Å². The van der Waals surface area contributed by atoms with E-state index in [0.717, 1.165) is 25.5 Å². The minimum Gasteiger partial charge on any atom is -0.354 e. The van der Waals surface area contributed by atoms with Crippen molar-refractivity contribution in [2.24, 2.45) is 7.05 Å². The number of piperidine rings is 1. The SMILES string of the molecule is CCNC1CCCN(c2ccn(C)n2)C1. The number of hydrogen-bond acceptors (Lipinski definition) is 3. The first-order valence-electron chi connectivity index (χ1n) is 5.77. The van der Waals surface area contributed by atoms with E-state index in [4.69, 9.17) is 0 Å². The van der Waals surface area contributed by atoms with Crippen LogP contribution in [0.2, 0.25) is 0 Å². The Morgan fingerprint density at radius 3 is 3.13 bits per heavy atom. The molecular weight excluding hydrogens is 188 g/mol.